The lowest BCUT2D eigenvalue weighted by Crippen LogP contribution is -2.12. The van der Waals surface area contributed by atoms with Gasteiger partial charge in [-0.2, -0.15) is 0 Å². The number of nitrogens with zero attached hydrogens (tertiary/aromatic N) is 1. The Hall–Kier alpha value is -1.69. The number of nitrogens with one attached hydrogen (secondary N) is 1. The Kier molecular flexibility index (Phi) is 3.23. The Labute approximate surface area is 105 Å². The van der Waals surface area contributed by atoms with E-state index in [9.17, 15) is 9.18 Å². The number of rotatable bonds is 2. The van der Waals surface area contributed by atoms with Gasteiger partial charge in [0.2, 0.25) is 0 Å². The number of aryl methyl sites for hydroxylation is 1. The first kappa shape index (κ1) is 11.8. The van der Waals surface area contributed by atoms with Crippen LogP contribution < -0.4 is 5.32 Å². The first-order valence-electron chi connectivity index (χ1n) is 4.76. The smallest absolute Gasteiger partial charge is 0.257 e. The van der Waals surface area contributed by atoms with Gasteiger partial charge in [-0.15, -0.1) is 0 Å². The van der Waals surface area contributed by atoms with Crippen LogP contribution in [-0.4, -0.2) is 11.1 Å². The molecule has 1 N–H and O–H groups in total. The predicted molar refractivity (Wildman–Crippen MR) is 63.3 cm³/mol. The number of carbonyl (C=O) groups is 1. The molecule has 0 saturated heterocycles. The van der Waals surface area contributed by atoms with E-state index >= 15 is 0 Å². The molecule has 0 atom stereocenters. The molecule has 17 heavy (non-hydrogen) atoms. The van der Waals surface area contributed by atoms with Crippen LogP contribution in [0, 0.1) is 12.7 Å². The van der Waals surface area contributed by atoms with Crippen molar-refractivity contribution < 1.29 is 13.7 Å². The lowest BCUT2D eigenvalue weighted by molar-refractivity contribution is 0.102. The summed E-state index contributed by atoms with van der Waals surface area (Å²) in [5, 5.41) is 6.11. The lowest BCUT2D eigenvalue weighted by Gasteiger charge is -2.02. The molecule has 1 amide bonds. The Morgan fingerprint density at radius 3 is 2.82 bits per heavy atom. The average Bonchev–Trinajstić information content (AvgIpc) is 2.68. The summed E-state index contributed by atoms with van der Waals surface area (Å²) in [6.07, 6.45) is 0. The van der Waals surface area contributed by atoms with Crippen LogP contribution >= 0.6 is 15.9 Å². The van der Waals surface area contributed by atoms with Crippen LogP contribution in [0.15, 0.2) is 33.3 Å². The molecule has 0 spiro atoms. The van der Waals surface area contributed by atoms with E-state index in [0.29, 0.717) is 16.1 Å². The maximum atomic E-state index is 13.2. The standard InChI is InChI=1S/C11H8BrFN2O2/c1-6-4-10(15-17-6)14-11(16)7-2-3-8(12)9(13)5-7/h2-5H,1H3,(H,14,15,16). The molecule has 0 fully saturated rings. The van der Waals surface area contributed by atoms with Gasteiger partial charge >= 0.3 is 0 Å². The van der Waals surface area contributed by atoms with Crippen LogP contribution in [0.2, 0.25) is 0 Å². The number of amides is 1. The van der Waals surface area contributed by atoms with E-state index in [0.717, 1.165) is 6.07 Å². The van der Waals surface area contributed by atoms with E-state index in [1.807, 2.05) is 0 Å². The molecule has 0 radical (unpaired) electrons. The largest absolute Gasteiger partial charge is 0.360 e. The van der Waals surface area contributed by atoms with Crippen LogP contribution in [0.4, 0.5) is 10.2 Å². The monoisotopic (exact) mass is 298 g/mol. The molecule has 0 aliphatic rings. The van der Waals surface area contributed by atoms with Gasteiger partial charge in [0.1, 0.15) is 11.6 Å². The molecule has 4 nitrogen and oxygen atoms in total. The number of hydrogen-bond donors (Lipinski definition) is 1. The summed E-state index contributed by atoms with van der Waals surface area (Å²) < 4.78 is 18.3. The third-order valence-corrected chi connectivity index (χ3v) is 2.69. The van der Waals surface area contributed by atoms with Crippen molar-refractivity contribution in [2.45, 2.75) is 6.92 Å². The number of benzene rings is 1. The van der Waals surface area contributed by atoms with Gasteiger partial charge in [-0.05, 0) is 41.1 Å². The van der Waals surface area contributed by atoms with E-state index in [1.165, 1.54) is 12.1 Å². The maximum absolute atomic E-state index is 13.2. The topological polar surface area (TPSA) is 55.1 Å². The molecule has 6 heteroatoms. The molecule has 0 aliphatic carbocycles. The van der Waals surface area contributed by atoms with E-state index in [-0.39, 0.29) is 5.56 Å². The Morgan fingerprint density at radius 2 is 2.24 bits per heavy atom. The summed E-state index contributed by atoms with van der Waals surface area (Å²) in [4.78, 5) is 11.7. The minimum atomic E-state index is -0.492. The Balaban J connectivity index is 2.17. The zero-order valence-electron chi connectivity index (χ0n) is 8.83. The van der Waals surface area contributed by atoms with Crippen molar-refractivity contribution in [1.82, 2.24) is 5.16 Å². The number of aromatic nitrogens is 1. The summed E-state index contributed by atoms with van der Waals surface area (Å²) in [6, 6.07) is 5.70. The van der Waals surface area contributed by atoms with Gasteiger partial charge in [-0.25, -0.2) is 4.39 Å². The van der Waals surface area contributed by atoms with Gasteiger partial charge in [0.05, 0.1) is 4.47 Å². The van der Waals surface area contributed by atoms with Crippen molar-refractivity contribution in [3.63, 3.8) is 0 Å². The summed E-state index contributed by atoms with van der Waals surface area (Å²) in [5.41, 5.74) is 0.214. The van der Waals surface area contributed by atoms with E-state index in [4.69, 9.17) is 4.52 Å². The highest BCUT2D eigenvalue weighted by molar-refractivity contribution is 9.10. The molecule has 2 rings (SSSR count). The molecule has 0 saturated carbocycles. The van der Waals surface area contributed by atoms with Crippen LogP contribution in [0.25, 0.3) is 0 Å². The number of anilines is 1. The molecular formula is C11H8BrFN2O2. The van der Waals surface area contributed by atoms with Crippen molar-refractivity contribution >= 4 is 27.7 Å². The third kappa shape index (κ3) is 2.71. The summed E-state index contributed by atoms with van der Waals surface area (Å²) in [5.74, 6) is -0.0446. The summed E-state index contributed by atoms with van der Waals surface area (Å²) in [7, 11) is 0. The molecule has 88 valence electrons. The number of halogens is 2. The normalized spacial score (nSPS) is 10.3. The predicted octanol–water partition coefficient (Wildman–Crippen LogP) is 3.14. The number of hydrogen-bond acceptors (Lipinski definition) is 3. The SMILES string of the molecule is Cc1cc(NC(=O)c2ccc(Br)c(F)c2)no1. The van der Waals surface area contributed by atoms with Crippen molar-refractivity contribution in [3.05, 3.63) is 45.9 Å². The van der Waals surface area contributed by atoms with Crippen molar-refractivity contribution in [2.75, 3.05) is 5.32 Å². The van der Waals surface area contributed by atoms with Crippen LogP contribution in [0.3, 0.4) is 0 Å². The van der Waals surface area contributed by atoms with E-state index in [2.05, 4.69) is 26.4 Å². The van der Waals surface area contributed by atoms with Crippen molar-refractivity contribution in [2.24, 2.45) is 0 Å². The van der Waals surface area contributed by atoms with Crippen molar-refractivity contribution in [3.8, 4) is 0 Å². The first-order chi connectivity index (χ1) is 8.06. The second-order valence-corrected chi connectivity index (χ2v) is 4.26. The molecule has 2 aromatic rings. The van der Waals surface area contributed by atoms with Crippen molar-refractivity contribution in [1.29, 1.82) is 0 Å². The fraction of sp³-hybridized carbons (Fsp3) is 0.0909. The lowest BCUT2D eigenvalue weighted by atomic mass is 10.2. The third-order valence-electron chi connectivity index (χ3n) is 2.05. The van der Waals surface area contributed by atoms with Crippen LogP contribution in [0.5, 0.6) is 0 Å². The molecule has 0 unspecified atom stereocenters. The van der Waals surface area contributed by atoms with Gasteiger partial charge in [0.25, 0.3) is 5.91 Å². The Bertz CT molecular complexity index is 568. The fourth-order valence-corrected chi connectivity index (χ4v) is 1.50. The number of carbonyl (C=O) groups excluding carboxylic acids is 1. The zero-order chi connectivity index (χ0) is 12.4. The minimum Gasteiger partial charge on any atom is -0.360 e. The molecular weight excluding hydrogens is 291 g/mol. The Morgan fingerprint density at radius 1 is 1.47 bits per heavy atom. The second kappa shape index (κ2) is 4.67. The molecule has 1 aromatic carbocycles. The van der Waals surface area contributed by atoms with Gasteiger partial charge in [0.15, 0.2) is 5.82 Å². The van der Waals surface area contributed by atoms with Crippen LogP contribution in [-0.2, 0) is 0 Å². The second-order valence-electron chi connectivity index (χ2n) is 3.41. The quantitative estimate of drug-likeness (QED) is 0.927. The summed E-state index contributed by atoms with van der Waals surface area (Å²) >= 11 is 3.01. The average molecular weight is 299 g/mol. The maximum Gasteiger partial charge on any atom is 0.257 e. The van der Waals surface area contributed by atoms with Gasteiger partial charge < -0.3 is 9.84 Å². The fourth-order valence-electron chi connectivity index (χ4n) is 1.25. The molecule has 1 heterocycles. The van der Waals surface area contributed by atoms with Crippen LogP contribution in [0.1, 0.15) is 16.1 Å². The highest BCUT2D eigenvalue weighted by Crippen LogP contribution is 2.17. The molecule has 0 bridgehead atoms. The zero-order valence-corrected chi connectivity index (χ0v) is 10.4. The first-order valence-corrected chi connectivity index (χ1v) is 5.55. The molecule has 1 aromatic heterocycles. The van der Waals surface area contributed by atoms with E-state index < -0.39 is 11.7 Å². The van der Waals surface area contributed by atoms with Gasteiger partial charge in [-0.1, -0.05) is 5.16 Å². The highest BCUT2D eigenvalue weighted by Gasteiger charge is 2.10. The van der Waals surface area contributed by atoms with Gasteiger partial charge in [0, 0.05) is 11.6 Å². The minimum absolute atomic E-state index is 0.214. The van der Waals surface area contributed by atoms with E-state index in [1.54, 1.807) is 13.0 Å². The highest BCUT2D eigenvalue weighted by atomic mass is 79.9. The van der Waals surface area contributed by atoms with Gasteiger partial charge in [-0.3, -0.25) is 4.79 Å². The summed E-state index contributed by atoms with van der Waals surface area (Å²) in [6.45, 7) is 1.71. The molecule has 0 aliphatic heterocycles.